The van der Waals surface area contributed by atoms with E-state index in [0.717, 1.165) is 11.1 Å². The number of para-hydroxylation sites is 1. The second-order valence-corrected chi connectivity index (χ2v) is 8.88. The van der Waals surface area contributed by atoms with E-state index >= 15 is 0 Å². The molecule has 190 valence electrons. The lowest BCUT2D eigenvalue weighted by atomic mass is 9.73. The van der Waals surface area contributed by atoms with Gasteiger partial charge in [-0.25, -0.2) is 0 Å². The maximum Gasteiger partial charge on any atom is 0.416 e. The first-order valence-electron chi connectivity index (χ1n) is 11.1. The number of carbonyl (C=O) groups is 2. The first-order valence-corrected chi connectivity index (χ1v) is 11.1. The van der Waals surface area contributed by atoms with E-state index in [1.807, 2.05) is 32.0 Å². The van der Waals surface area contributed by atoms with E-state index in [4.69, 9.17) is 0 Å². The molecule has 1 saturated heterocycles. The van der Waals surface area contributed by atoms with Crippen molar-refractivity contribution in [1.82, 2.24) is 0 Å². The number of hydrogen-bond acceptors (Lipinski definition) is 2. The highest BCUT2D eigenvalue weighted by Gasteiger charge is 2.55. The summed E-state index contributed by atoms with van der Waals surface area (Å²) in [6.45, 7) is 7.01. The van der Waals surface area contributed by atoms with Crippen LogP contribution < -0.4 is 10.2 Å². The fourth-order valence-electron chi connectivity index (χ4n) is 4.91. The lowest BCUT2D eigenvalue weighted by Crippen LogP contribution is -2.42. The van der Waals surface area contributed by atoms with E-state index in [1.54, 1.807) is 13.8 Å². The Morgan fingerprint density at radius 1 is 1.00 bits per heavy atom. The summed E-state index contributed by atoms with van der Waals surface area (Å²) in [4.78, 5) is 28.4. The Hall–Kier alpha value is -3.04. The maximum absolute atomic E-state index is 13.5. The molecule has 1 fully saturated rings. The normalized spacial score (nSPS) is 20.9. The third-order valence-corrected chi connectivity index (χ3v) is 6.72. The highest BCUT2D eigenvalue weighted by Crippen LogP contribution is 2.46. The molecule has 1 aliphatic heterocycles. The number of carbonyl (C=O) groups excluding carboxylic acids is 2. The van der Waals surface area contributed by atoms with Gasteiger partial charge in [-0.05, 0) is 56.0 Å². The molecule has 0 spiro atoms. The summed E-state index contributed by atoms with van der Waals surface area (Å²) in [5.74, 6) is -1.89. The van der Waals surface area contributed by atoms with Crippen molar-refractivity contribution in [2.45, 2.75) is 52.9 Å². The summed E-state index contributed by atoms with van der Waals surface area (Å²) >= 11 is 0. The Kier molecular flexibility index (Phi) is 6.98. The predicted molar refractivity (Wildman–Crippen MR) is 120 cm³/mol. The van der Waals surface area contributed by atoms with Gasteiger partial charge < -0.3 is 10.2 Å². The zero-order valence-electron chi connectivity index (χ0n) is 19.7. The fourth-order valence-corrected chi connectivity index (χ4v) is 4.91. The van der Waals surface area contributed by atoms with Gasteiger partial charge in [0.2, 0.25) is 11.8 Å². The second-order valence-electron chi connectivity index (χ2n) is 8.88. The van der Waals surface area contributed by atoms with Gasteiger partial charge in [0.1, 0.15) is 0 Å². The molecule has 2 amide bonds. The van der Waals surface area contributed by atoms with Crippen LogP contribution in [0.15, 0.2) is 36.4 Å². The molecule has 35 heavy (non-hydrogen) atoms. The lowest BCUT2D eigenvalue weighted by Gasteiger charge is -2.31. The van der Waals surface area contributed by atoms with Crippen LogP contribution in [0.2, 0.25) is 0 Å². The summed E-state index contributed by atoms with van der Waals surface area (Å²) < 4.78 is 79.6. The van der Waals surface area contributed by atoms with Crippen LogP contribution in [0.3, 0.4) is 0 Å². The van der Waals surface area contributed by atoms with E-state index < -0.39 is 46.4 Å². The molecule has 4 nitrogen and oxygen atoms in total. The third kappa shape index (κ3) is 4.88. The number of amides is 2. The van der Waals surface area contributed by atoms with Gasteiger partial charge in [-0.3, -0.25) is 9.59 Å². The van der Waals surface area contributed by atoms with Gasteiger partial charge in [0.25, 0.3) is 0 Å². The van der Waals surface area contributed by atoms with Crippen LogP contribution in [0, 0.1) is 25.2 Å². The Balaban J connectivity index is 2.05. The van der Waals surface area contributed by atoms with Gasteiger partial charge in [-0.1, -0.05) is 32.0 Å². The summed E-state index contributed by atoms with van der Waals surface area (Å²) in [5.41, 5.74) is -2.75. The van der Waals surface area contributed by atoms with E-state index in [-0.39, 0.29) is 31.4 Å². The van der Waals surface area contributed by atoms with E-state index in [0.29, 0.717) is 17.8 Å². The number of halogens is 6. The average molecular weight is 500 g/mol. The molecule has 2 aromatic rings. The summed E-state index contributed by atoms with van der Waals surface area (Å²) in [7, 11) is 0. The zero-order valence-corrected chi connectivity index (χ0v) is 19.7. The van der Waals surface area contributed by atoms with E-state index in [1.165, 1.54) is 4.90 Å². The first-order chi connectivity index (χ1) is 16.2. The van der Waals surface area contributed by atoms with Gasteiger partial charge in [0.05, 0.1) is 22.5 Å². The minimum Gasteiger partial charge on any atom is -0.326 e. The van der Waals surface area contributed by atoms with Crippen LogP contribution in [-0.4, -0.2) is 18.4 Å². The molecule has 1 aliphatic rings. The molecular weight excluding hydrogens is 474 g/mol. The minimum atomic E-state index is -5.04. The minimum absolute atomic E-state index is 0.00186. The van der Waals surface area contributed by atoms with Crippen LogP contribution in [0.1, 0.15) is 48.9 Å². The molecule has 0 aliphatic carbocycles. The molecule has 0 unspecified atom stereocenters. The van der Waals surface area contributed by atoms with Gasteiger partial charge in [0, 0.05) is 17.9 Å². The van der Waals surface area contributed by atoms with Crippen molar-refractivity contribution in [2.75, 3.05) is 16.8 Å². The molecule has 0 radical (unpaired) electrons. The Bertz CT molecular complexity index is 1090. The molecular formula is C25H26F6N2O2. The van der Waals surface area contributed by atoms with Crippen LogP contribution in [0.4, 0.5) is 37.7 Å². The van der Waals surface area contributed by atoms with Gasteiger partial charge in [0.15, 0.2) is 0 Å². The lowest BCUT2D eigenvalue weighted by molar-refractivity contribution is -0.143. The standard InChI is InChI=1S/C25H26F6N2O2/c1-5-19-21(34)33(20-14(3)8-7-9-15(20)4)13-23(19,6-2)22(35)32-18-11-16(24(26,27)28)10-17(12-18)25(29,30)31/h7-12,19H,5-6,13H2,1-4H3,(H,32,35)/t19-,23-/m1/s1. The van der Waals surface area contributed by atoms with Crippen molar-refractivity contribution in [3.63, 3.8) is 0 Å². The number of anilines is 2. The number of benzene rings is 2. The van der Waals surface area contributed by atoms with Gasteiger partial charge in [-0.15, -0.1) is 0 Å². The van der Waals surface area contributed by atoms with Gasteiger partial charge in [-0.2, -0.15) is 26.3 Å². The zero-order chi connectivity index (χ0) is 26.3. The number of alkyl halides is 6. The highest BCUT2D eigenvalue weighted by molar-refractivity contribution is 6.08. The predicted octanol–water partition coefficient (Wildman–Crippen LogP) is 6.75. The average Bonchev–Trinajstić information content (AvgIpc) is 3.04. The third-order valence-electron chi connectivity index (χ3n) is 6.72. The molecule has 0 saturated carbocycles. The topological polar surface area (TPSA) is 49.4 Å². The number of nitrogens with zero attached hydrogens (tertiary/aromatic N) is 1. The smallest absolute Gasteiger partial charge is 0.326 e. The largest absolute Gasteiger partial charge is 0.416 e. The van der Waals surface area contributed by atoms with Gasteiger partial charge >= 0.3 is 12.4 Å². The fraction of sp³-hybridized carbons (Fsp3) is 0.440. The summed E-state index contributed by atoms with van der Waals surface area (Å²) in [6.07, 6.45) is -9.65. The van der Waals surface area contributed by atoms with Crippen molar-refractivity contribution in [3.8, 4) is 0 Å². The number of nitrogens with one attached hydrogen (secondary N) is 1. The van der Waals surface area contributed by atoms with E-state index in [9.17, 15) is 35.9 Å². The molecule has 1 N–H and O–H groups in total. The first kappa shape index (κ1) is 26.6. The monoisotopic (exact) mass is 500 g/mol. The van der Waals surface area contributed by atoms with Crippen LogP contribution in [0.5, 0.6) is 0 Å². The number of rotatable bonds is 5. The Morgan fingerprint density at radius 2 is 1.51 bits per heavy atom. The number of aryl methyl sites for hydroxylation is 2. The molecule has 10 heteroatoms. The second kappa shape index (κ2) is 9.20. The van der Waals surface area contributed by atoms with Crippen LogP contribution in [-0.2, 0) is 21.9 Å². The van der Waals surface area contributed by atoms with Crippen LogP contribution >= 0.6 is 0 Å². The highest BCUT2D eigenvalue weighted by atomic mass is 19.4. The van der Waals surface area contributed by atoms with Crippen molar-refractivity contribution in [3.05, 3.63) is 58.7 Å². The van der Waals surface area contributed by atoms with Crippen LogP contribution in [0.25, 0.3) is 0 Å². The quantitative estimate of drug-likeness (QED) is 0.462. The SMILES string of the molecule is CC[C@@H]1C(=O)N(c2c(C)cccc2C)C[C@@]1(CC)C(=O)Nc1cc(C(F)(F)F)cc(C(F)(F)F)c1. The molecule has 3 rings (SSSR count). The molecule has 0 bridgehead atoms. The Morgan fingerprint density at radius 3 is 1.94 bits per heavy atom. The van der Waals surface area contributed by atoms with Crippen molar-refractivity contribution in [1.29, 1.82) is 0 Å². The maximum atomic E-state index is 13.5. The van der Waals surface area contributed by atoms with E-state index in [2.05, 4.69) is 5.32 Å². The van der Waals surface area contributed by atoms with Crippen molar-refractivity contribution >= 4 is 23.2 Å². The number of hydrogen-bond donors (Lipinski definition) is 1. The summed E-state index contributed by atoms with van der Waals surface area (Å²) in [6, 6.07) is 6.42. The Labute approximate surface area is 199 Å². The van der Waals surface area contributed by atoms with Crippen molar-refractivity contribution < 1.29 is 35.9 Å². The van der Waals surface area contributed by atoms with Crippen molar-refractivity contribution in [2.24, 2.45) is 11.3 Å². The summed E-state index contributed by atoms with van der Waals surface area (Å²) in [5, 5.41) is 2.27. The molecule has 2 aromatic carbocycles. The molecule has 2 atom stereocenters. The molecule has 1 heterocycles. The molecule has 0 aromatic heterocycles.